The van der Waals surface area contributed by atoms with E-state index >= 15 is 0 Å². The number of anilines is 3. The van der Waals surface area contributed by atoms with Crippen molar-refractivity contribution in [2.45, 2.75) is 13.8 Å². The monoisotopic (exact) mass is 424 g/mol. The quantitative estimate of drug-likeness (QED) is 0.557. The lowest BCUT2D eigenvalue weighted by molar-refractivity contribution is 0.0963. The standard InChI is InChI=1S/C21H21FN6O3/c1-11-7-19(26-12(2)25-11)28-18-9-16(15(10-24-18)20(29)23-3)27-21(30)14-8-13(22)5-6-17(14)31-4/h5-10H,1-4H3,(H,23,29)(H2,24,25,26,27,28,30). The molecule has 0 fully saturated rings. The molecule has 0 bridgehead atoms. The van der Waals surface area contributed by atoms with Crippen LogP contribution in [0.3, 0.4) is 0 Å². The Labute approximate surface area is 178 Å². The molecule has 1 aromatic carbocycles. The van der Waals surface area contributed by atoms with Gasteiger partial charge in [0, 0.05) is 31.1 Å². The number of pyridine rings is 1. The third kappa shape index (κ3) is 5.10. The number of halogens is 1. The van der Waals surface area contributed by atoms with Crippen molar-refractivity contribution in [1.82, 2.24) is 20.3 Å². The van der Waals surface area contributed by atoms with Crippen LogP contribution in [0.2, 0.25) is 0 Å². The van der Waals surface area contributed by atoms with Crippen LogP contribution in [0.15, 0.2) is 36.5 Å². The van der Waals surface area contributed by atoms with Crippen LogP contribution in [-0.2, 0) is 0 Å². The second-order valence-corrected chi connectivity index (χ2v) is 6.56. The third-order valence-electron chi connectivity index (χ3n) is 4.25. The number of aryl methyl sites for hydroxylation is 2. The highest BCUT2D eigenvalue weighted by atomic mass is 19.1. The van der Waals surface area contributed by atoms with Gasteiger partial charge in [-0.15, -0.1) is 0 Å². The number of hydrogen-bond acceptors (Lipinski definition) is 7. The van der Waals surface area contributed by atoms with Gasteiger partial charge in [-0.2, -0.15) is 0 Å². The van der Waals surface area contributed by atoms with Gasteiger partial charge in [-0.25, -0.2) is 19.3 Å². The molecule has 0 saturated carbocycles. The minimum atomic E-state index is -0.646. The number of ether oxygens (including phenoxy) is 1. The molecule has 0 unspecified atom stereocenters. The van der Waals surface area contributed by atoms with Gasteiger partial charge >= 0.3 is 0 Å². The zero-order chi connectivity index (χ0) is 22.5. The first-order valence-electron chi connectivity index (χ1n) is 9.27. The average molecular weight is 424 g/mol. The summed E-state index contributed by atoms with van der Waals surface area (Å²) in [5, 5.41) is 8.15. The lowest BCUT2D eigenvalue weighted by atomic mass is 10.1. The predicted octanol–water partition coefficient (Wildman–Crippen LogP) is 2.99. The molecule has 2 heterocycles. The molecule has 3 rings (SSSR count). The third-order valence-corrected chi connectivity index (χ3v) is 4.25. The van der Waals surface area contributed by atoms with Crippen LogP contribution >= 0.6 is 0 Å². The van der Waals surface area contributed by atoms with Crippen molar-refractivity contribution in [3.05, 3.63) is 65.0 Å². The number of nitrogens with zero attached hydrogens (tertiary/aromatic N) is 3. The van der Waals surface area contributed by atoms with E-state index in [0.717, 1.165) is 11.8 Å². The zero-order valence-electron chi connectivity index (χ0n) is 17.4. The van der Waals surface area contributed by atoms with Gasteiger partial charge < -0.3 is 20.7 Å². The fraction of sp³-hybridized carbons (Fsp3) is 0.190. The summed E-state index contributed by atoms with van der Waals surface area (Å²) in [6, 6.07) is 6.81. The molecule has 0 aliphatic heterocycles. The van der Waals surface area contributed by atoms with E-state index in [2.05, 4.69) is 30.9 Å². The minimum absolute atomic E-state index is 0.0151. The summed E-state index contributed by atoms with van der Waals surface area (Å²) in [4.78, 5) is 37.8. The lowest BCUT2D eigenvalue weighted by Gasteiger charge is -2.14. The molecule has 2 aromatic heterocycles. The number of methoxy groups -OCH3 is 1. The van der Waals surface area contributed by atoms with Gasteiger partial charge in [0.1, 0.15) is 29.0 Å². The second kappa shape index (κ2) is 9.16. The summed E-state index contributed by atoms with van der Waals surface area (Å²) in [5.74, 6) is -0.0670. The van der Waals surface area contributed by atoms with Crippen LogP contribution in [-0.4, -0.2) is 40.9 Å². The number of benzene rings is 1. The number of carbonyl (C=O) groups is 2. The molecule has 2 amide bonds. The minimum Gasteiger partial charge on any atom is -0.496 e. The molecular weight excluding hydrogens is 403 g/mol. The van der Waals surface area contributed by atoms with Crippen molar-refractivity contribution in [2.75, 3.05) is 24.8 Å². The summed E-state index contributed by atoms with van der Waals surface area (Å²) in [7, 11) is 2.84. The second-order valence-electron chi connectivity index (χ2n) is 6.56. The molecule has 3 N–H and O–H groups in total. The Balaban J connectivity index is 1.97. The van der Waals surface area contributed by atoms with Crippen LogP contribution in [0.5, 0.6) is 5.75 Å². The van der Waals surface area contributed by atoms with Crippen molar-refractivity contribution in [3.8, 4) is 5.75 Å². The number of amides is 2. The molecule has 0 radical (unpaired) electrons. The van der Waals surface area contributed by atoms with Crippen molar-refractivity contribution >= 4 is 29.1 Å². The number of rotatable bonds is 6. The first-order valence-corrected chi connectivity index (χ1v) is 9.27. The summed E-state index contributed by atoms with van der Waals surface area (Å²) in [6.45, 7) is 3.60. The fourth-order valence-electron chi connectivity index (χ4n) is 2.90. The molecule has 31 heavy (non-hydrogen) atoms. The Hall–Kier alpha value is -4.08. The smallest absolute Gasteiger partial charge is 0.259 e. The van der Waals surface area contributed by atoms with Gasteiger partial charge in [-0.3, -0.25) is 9.59 Å². The Kier molecular flexibility index (Phi) is 6.39. The first kappa shape index (κ1) is 21.6. The Morgan fingerprint density at radius 3 is 2.45 bits per heavy atom. The van der Waals surface area contributed by atoms with Crippen LogP contribution < -0.4 is 20.7 Å². The number of carbonyl (C=O) groups excluding carboxylic acids is 2. The largest absolute Gasteiger partial charge is 0.496 e. The molecule has 10 heteroatoms. The maximum absolute atomic E-state index is 13.7. The van der Waals surface area contributed by atoms with E-state index < -0.39 is 17.6 Å². The molecule has 0 aliphatic carbocycles. The van der Waals surface area contributed by atoms with Gasteiger partial charge in [-0.05, 0) is 32.0 Å². The van der Waals surface area contributed by atoms with E-state index in [9.17, 15) is 14.0 Å². The predicted molar refractivity (Wildman–Crippen MR) is 113 cm³/mol. The van der Waals surface area contributed by atoms with Gasteiger partial charge in [-0.1, -0.05) is 0 Å². The number of aromatic nitrogens is 3. The van der Waals surface area contributed by atoms with Crippen LogP contribution in [0.1, 0.15) is 32.2 Å². The molecule has 3 aromatic rings. The highest BCUT2D eigenvalue weighted by Crippen LogP contribution is 2.25. The average Bonchev–Trinajstić information content (AvgIpc) is 2.72. The van der Waals surface area contributed by atoms with Crippen LogP contribution in [0.25, 0.3) is 0 Å². The van der Waals surface area contributed by atoms with E-state index in [1.165, 1.54) is 38.6 Å². The molecule has 0 aliphatic rings. The van der Waals surface area contributed by atoms with Crippen LogP contribution in [0, 0.1) is 19.7 Å². The normalized spacial score (nSPS) is 10.4. The summed E-state index contributed by atoms with van der Waals surface area (Å²) >= 11 is 0. The van der Waals surface area contributed by atoms with E-state index in [0.29, 0.717) is 17.5 Å². The highest BCUT2D eigenvalue weighted by Gasteiger charge is 2.18. The molecular formula is C21H21FN6O3. The van der Waals surface area contributed by atoms with Gasteiger partial charge in [0.2, 0.25) is 0 Å². The SMILES string of the molecule is CNC(=O)c1cnc(Nc2cc(C)nc(C)n2)cc1NC(=O)c1cc(F)ccc1OC. The Bertz CT molecular complexity index is 1130. The molecule has 0 spiro atoms. The number of hydrogen-bond donors (Lipinski definition) is 3. The molecule has 0 saturated heterocycles. The van der Waals surface area contributed by atoms with Crippen LogP contribution in [0.4, 0.5) is 21.7 Å². The Morgan fingerprint density at radius 1 is 1.00 bits per heavy atom. The molecule has 160 valence electrons. The topological polar surface area (TPSA) is 118 Å². The van der Waals surface area contributed by atoms with Gasteiger partial charge in [0.15, 0.2) is 0 Å². The Morgan fingerprint density at radius 2 is 1.77 bits per heavy atom. The van der Waals surface area contributed by atoms with E-state index in [1.807, 2.05) is 6.92 Å². The fourth-order valence-corrected chi connectivity index (χ4v) is 2.90. The van der Waals surface area contributed by atoms with Crippen molar-refractivity contribution in [2.24, 2.45) is 0 Å². The lowest BCUT2D eigenvalue weighted by Crippen LogP contribution is -2.22. The summed E-state index contributed by atoms with van der Waals surface area (Å²) in [6.07, 6.45) is 1.32. The highest BCUT2D eigenvalue weighted by molar-refractivity contribution is 6.10. The maximum atomic E-state index is 13.7. The first-order chi connectivity index (χ1) is 14.8. The van der Waals surface area contributed by atoms with Crippen molar-refractivity contribution in [1.29, 1.82) is 0 Å². The van der Waals surface area contributed by atoms with Crippen molar-refractivity contribution in [3.63, 3.8) is 0 Å². The van der Waals surface area contributed by atoms with E-state index in [4.69, 9.17) is 4.74 Å². The van der Waals surface area contributed by atoms with Crippen molar-refractivity contribution < 1.29 is 18.7 Å². The number of nitrogens with one attached hydrogen (secondary N) is 3. The van der Waals surface area contributed by atoms with Gasteiger partial charge in [0.05, 0.1) is 23.9 Å². The van der Waals surface area contributed by atoms with Gasteiger partial charge in [0.25, 0.3) is 11.8 Å². The van der Waals surface area contributed by atoms with E-state index in [1.54, 1.807) is 13.0 Å². The summed E-state index contributed by atoms with van der Waals surface area (Å²) < 4.78 is 18.8. The maximum Gasteiger partial charge on any atom is 0.259 e. The molecule has 9 nitrogen and oxygen atoms in total. The molecule has 0 atom stereocenters. The van der Waals surface area contributed by atoms with E-state index in [-0.39, 0.29) is 22.6 Å². The zero-order valence-corrected chi connectivity index (χ0v) is 17.4. The summed E-state index contributed by atoms with van der Waals surface area (Å²) in [5.41, 5.74) is 1.06.